The van der Waals surface area contributed by atoms with E-state index in [1.165, 1.54) is 0 Å². The van der Waals surface area contributed by atoms with Gasteiger partial charge in [-0.05, 0) is 46.5 Å². The van der Waals surface area contributed by atoms with Crippen LogP contribution < -0.4 is 14.4 Å². The summed E-state index contributed by atoms with van der Waals surface area (Å²) in [5, 5.41) is 0. The first-order chi connectivity index (χ1) is 18.3. The van der Waals surface area contributed by atoms with E-state index in [4.69, 9.17) is 14.5 Å². The molecule has 0 amide bonds. The number of nitrogens with one attached hydrogen (secondary N) is 1. The van der Waals surface area contributed by atoms with E-state index in [0.717, 1.165) is 53.5 Å². The molecule has 0 saturated carbocycles. The van der Waals surface area contributed by atoms with Gasteiger partial charge in [-0.25, -0.2) is 23.1 Å². The van der Waals surface area contributed by atoms with E-state index in [1.807, 2.05) is 32.9 Å². The van der Waals surface area contributed by atoms with Crippen LogP contribution in [0.1, 0.15) is 43.4 Å². The molecule has 0 spiro atoms. The molecule has 1 fully saturated rings. The summed E-state index contributed by atoms with van der Waals surface area (Å²) in [6.45, 7) is 10.0. The Bertz CT molecular complexity index is 1340. The summed E-state index contributed by atoms with van der Waals surface area (Å²) in [5.74, 6) is 1.67. The van der Waals surface area contributed by atoms with Crippen molar-refractivity contribution in [1.29, 1.82) is 0 Å². The minimum atomic E-state index is -3.64. The fourth-order valence-electron chi connectivity index (χ4n) is 4.27. The molecule has 10 heteroatoms. The minimum absolute atomic E-state index is 0.208. The van der Waals surface area contributed by atoms with Gasteiger partial charge >= 0.3 is 0 Å². The molecule has 3 aromatic rings. The minimum Gasteiger partial charge on any atom is -0.494 e. The molecular weight excluding hydrogens is 568 g/mol. The van der Waals surface area contributed by atoms with Crippen LogP contribution in [0.25, 0.3) is 0 Å². The van der Waals surface area contributed by atoms with Gasteiger partial charge in [-0.1, -0.05) is 38.1 Å². The number of morpholine rings is 1. The maximum absolute atomic E-state index is 13.0. The van der Waals surface area contributed by atoms with Crippen molar-refractivity contribution in [2.24, 2.45) is 5.92 Å². The topological polar surface area (TPSA) is 93.7 Å². The summed E-state index contributed by atoms with van der Waals surface area (Å²) < 4.78 is 40.9. The van der Waals surface area contributed by atoms with Gasteiger partial charge in [0.2, 0.25) is 10.0 Å². The Balaban J connectivity index is 1.58. The van der Waals surface area contributed by atoms with E-state index in [0.29, 0.717) is 37.4 Å². The lowest BCUT2D eigenvalue weighted by atomic mass is 10.1. The molecule has 204 valence electrons. The number of halogens is 1. The van der Waals surface area contributed by atoms with Gasteiger partial charge in [0, 0.05) is 56.0 Å². The van der Waals surface area contributed by atoms with Gasteiger partial charge < -0.3 is 14.4 Å². The molecule has 8 nitrogen and oxygen atoms in total. The van der Waals surface area contributed by atoms with Crippen molar-refractivity contribution >= 4 is 31.6 Å². The van der Waals surface area contributed by atoms with Crippen LogP contribution >= 0.6 is 15.9 Å². The van der Waals surface area contributed by atoms with Gasteiger partial charge in [0.25, 0.3) is 0 Å². The van der Waals surface area contributed by atoms with Crippen LogP contribution in [-0.2, 0) is 27.6 Å². The molecule has 1 N–H and O–H groups in total. The third-order valence-corrected chi connectivity index (χ3v) is 8.43. The van der Waals surface area contributed by atoms with Crippen molar-refractivity contribution < 1.29 is 17.9 Å². The lowest BCUT2D eigenvalue weighted by Crippen LogP contribution is -2.36. The number of ether oxygens (including phenoxy) is 2. The second-order valence-electron chi connectivity index (χ2n) is 9.61. The molecule has 0 aliphatic carbocycles. The van der Waals surface area contributed by atoms with Crippen LogP contribution in [0.2, 0.25) is 0 Å². The van der Waals surface area contributed by atoms with Crippen LogP contribution in [0.5, 0.6) is 5.75 Å². The standard InChI is InChI=1S/C28H35BrN4O4S/c1-4-37-26-17-23(33-11-13-36-14-12-33)10-9-21(26)16-28-30-19-24(29)25(32-28)15-22-7-5-6-8-27(22)38(34,35)31-18-20(2)3/h5-10,17,19-20,31H,4,11-16,18H2,1-3H3. The second kappa shape index (κ2) is 13.0. The summed E-state index contributed by atoms with van der Waals surface area (Å²) in [5.41, 5.74) is 3.52. The van der Waals surface area contributed by atoms with Crippen molar-refractivity contribution in [2.75, 3.05) is 44.4 Å². The largest absolute Gasteiger partial charge is 0.494 e. The van der Waals surface area contributed by atoms with E-state index in [1.54, 1.807) is 18.3 Å². The van der Waals surface area contributed by atoms with Crippen LogP contribution in [0.3, 0.4) is 0 Å². The van der Waals surface area contributed by atoms with E-state index in [2.05, 4.69) is 48.7 Å². The molecule has 1 saturated heterocycles. The normalized spacial score (nSPS) is 14.2. The summed E-state index contributed by atoms with van der Waals surface area (Å²) >= 11 is 3.56. The van der Waals surface area contributed by atoms with Crippen molar-refractivity contribution in [2.45, 2.75) is 38.5 Å². The number of nitrogens with zero attached hydrogens (tertiary/aromatic N) is 3. The van der Waals surface area contributed by atoms with Gasteiger partial charge in [0.05, 0.1) is 34.9 Å². The van der Waals surface area contributed by atoms with Crippen LogP contribution in [0.15, 0.2) is 58.0 Å². The predicted molar refractivity (Wildman–Crippen MR) is 152 cm³/mol. The van der Waals surface area contributed by atoms with Gasteiger partial charge in [0.1, 0.15) is 11.6 Å². The highest BCUT2D eigenvalue weighted by molar-refractivity contribution is 9.10. The third-order valence-electron chi connectivity index (χ3n) is 6.24. The molecule has 1 aromatic heterocycles. The first-order valence-corrected chi connectivity index (χ1v) is 15.2. The number of sulfonamides is 1. The van der Waals surface area contributed by atoms with E-state index < -0.39 is 10.0 Å². The van der Waals surface area contributed by atoms with E-state index in [-0.39, 0.29) is 10.8 Å². The highest BCUT2D eigenvalue weighted by Gasteiger charge is 2.20. The molecule has 0 atom stereocenters. The fraction of sp³-hybridized carbons (Fsp3) is 0.429. The molecule has 2 aromatic carbocycles. The monoisotopic (exact) mass is 602 g/mol. The number of hydrogen-bond donors (Lipinski definition) is 1. The van der Waals surface area contributed by atoms with Gasteiger partial charge in [-0.3, -0.25) is 0 Å². The smallest absolute Gasteiger partial charge is 0.240 e. The maximum atomic E-state index is 13.0. The van der Waals surface area contributed by atoms with Crippen molar-refractivity contribution in [3.63, 3.8) is 0 Å². The summed E-state index contributed by atoms with van der Waals surface area (Å²) in [7, 11) is -3.64. The number of anilines is 1. The average molecular weight is 604 g/mol. The Hall–Kier alpha value is -2.53. The number of rotatable bonds is 11. The molecule has 0 bridgehead atoms. The van der Waals surface area contributed by atoms with Crippen LogP contribution in [0.4, 0.5) is 5.69 Å². The number of benzene rings is 2. The zero-order valence-corrected chi connectivity index (χ0v) is 24.5. The second-order valence-corrected chi connectivity index (χ2v) is 12.2. The van der Waals surface area contributed by atoms with Gasteiger partial charge in [-0.2, -0.15) is 0 Å². The Labute approximate surface area is 234 Å². The summed E-state index contributed by atoms with van der Waals surface area (Å²) in [6, 6.07) is 13.3. The Morgan fingerprint density at radius 2 is 1.87 bits per heavy atom. The van der Waals surface area contributed by atoms with Gasteiger partial charge in [-0.15, -0.1) is 0 Å². The first kappa shape index (κ1) is 28.5. The molecule has 2 heterocycles. The van der Waals surface area contributed by atoms with E-state index >= 15 is 0 Å². The predicted octanol–water partition coefficient (Wildman–Crippen LogP) is 4.59. The summed E-state index contributed by atoms with van der Waals surface area (Å²) in [4.78, 5) is 11.9. The highest BCUT2D eigenvalue weighted by atomic mass is 79.9. The quantitative estimate of drug-likeness (QED) is 0.343. The molecular formula is C28H35BrN4O4S. The number of aromatic nitrogens is 2. The van der Waals surface area contributed by atoms with Crippen LogP contribution in [-0.4, -0.2) is 57.8 Å². The molecule has 0 radical (unpaired) electrons. The van der Waals surface area contributed by atoms with Crippen molar-refractivity contribution in [3.8, 4) is 5.75 Å². The van der Waals surface area contributed by atoms with E-state index in [9.17, 15) is 8.42 Å². The zero-order valence-electron chi connectivity index (χ0n) is 22.1. The Kier molecular flexibility index (Phi) is 9.75. The summed E-state index contributed by atoms with van der Waals surface area (Å²) in [6.07, 6.45) is 2.58. The fourth-order valence-corrected chi connectivity index (χ4v) is 6.05. The Morgan fingerprint density at radius 1 is 1.11 bits per heavy atom. The van der Waals surface area contributed by atoms with Crippen molar-refractivity contribution in [3.05, 3.63) is 75.8 Å². The average Bonchev–Trinajstić information content (AvgIpc) is 2.91. The highest BCUT2D eigenvalue weighted by Crippen LogP contribution is 2.29. The maximum Gasteiger partial charge on any atom is 0.240 e. The molecule has 1 aliphatic rings. The molecule has 0 unspecified atom stereocenters. The first-order valence-electron chi connectivity index (χ1n) is 12.9. The lowest BCUT2D eigenvalue weighted by molar-refractivity contribution is 0.122. The van der Waals surface area contributed by atoms with Crippen LogP contribution in [0, 0.1) is 5.92 Å². The molecule has 38 heavy (non-hydrogen) atoms. The number of hydrogen-bond acceptors (Lipinski definition) is 7. The SMILES string of the molecule is CCOc1cc(N2CCOCC2)ccc1Cc1ncc(Br)c(Cc2ccccc2S(=O)(=O)NCC(C)C)n1. The lowest BCUT2D eigenvalue weighted by Gasteiger charge is -2.29. The van der Waals surface area contributed by atoms with Crippen molar-refractivity contribution in [1.82, 2.24) is 14.7 Å². The Morgan fingerprint density at radius 3 is 2.61 bits per heavy atom. The van der Waals surface area contributed by atoms with Gasteiger partial charge in [0.15, 0.2) is 0 Å². The molecule has 4 rings (SSSR count). The zero-order chi connectivity index (χ0) is 27.1. The molecule has 1 aliphatic heterocycles. The third kappa shape index (κ3) is 7.31.